The predicted octanol–water partition coefficient (Wildman–Crippen LogP) is 1.75. The standard InChI is InChI=1S/C16H25N5O.HI/c1-17-16(20-13-9-12-7-8-14(13)22-12)18-10-11-5-4-6-15(19-11)21(2)3;/h4-6,12-14H,7-10H2,1-3H3,(H2,17,18,20);1H. The maximum atomic E-state index is 5.87. The Morgan fingerprint density at radius 2 is 2.22 bits per heavy atom. The van der Waals surface area contributed by atoms with E-state index in [2.05, 4.69) is 20.6 Å². The lowest BCUT2D eigenvalue weighted by atomic mass is 9.96. The molecule has 128 valence electrons. The van der Waals surface area contributed by atoms with Crippen molar-refractivity contribution in [1.29, 1.82) is 0 Å². The van der Waals surface area contributed by atoms with Gasteiger partial charge in [0.25, 0.3) is 0 Å². The van der Waals surface area contributed by atoms with E-state index in [1.165, 1.54) is 6.42 Å². The fourth-order valence-electron chi connectivity index (χ4n) is 3.15. The molecule has 1 aromatic heterocycles. The number of rotatable bonds is 4. The van der Waals surface area contributed by atoms with Gasteiger partial charge in [-0.25, -0.2) is 4.98 Å². The third-order valence-corrected chi connectivity index (χ3v) is 4.34. The van der Waals surface area contributed by atoms with Crippen LogP contribution in [0.4, 0.5) is 5.82 Å². The summed E-state index contributed by atoms with van der Waals surface area (Å²) in [5.74, 6) is 1.78. The van der Waals surface area contributed by atoms with Crippen LogP contribution >= 0.6 is 24.0 Å². The molecule has 0 radical (unpaired) electrons. The van der Waals surface area contributed by atoms with Gasteiger partial charge in [-0.3, -0.25) is 4.99 Å². The van der Waals surface area contributed by atoms with Crippen LogP contribution in [0.25, 0.3) is 0 Å². The molecule has 2 aliphatic rings. The molecule has 2 saturated heterocycles. The minimum atomic E-state index is 0. The highest BCUT2D eigenvalue weighted by Crippen LogP contribution is 2.34. The number of pyridine rings is 1. The van der Waals surface area contributed by atoms with Gasteiger partial charge >= 0.3 is 0 Å². The summed E-state index contributed by atoms with van der Waals surface area (Å²) in [6.07, 6.45) is 4.24. The molecule has 3 heterocycles. The average molecular weight is 431 g/mol. The third kappa shape index (κ3) is 4.47. The van der Waals surface area contributed by atoms with Crippen LogP contribution in [0.5, 0.6) is 0 Å². The van der Waals surface area contributed by atoms with Crippen molar-refractivity contribution in [3.05, 3.63) is 23.9 Å². The summed E-state index contributed by atoms with van der Waals surface area (Å²) >= 11 is 0. The van der Waals surface area contributed by atoms with E-state index in [1.807, 2.05) is 37.2 Å². The van der Waals surface area contributed by atoms with Crippen LogP contribution in [0.2, 0.25) is 0 Å². The highest BCUT2D eigenvalue weighted by molar-refractivity contribution is 14.0. The summed E-state index contributed by atoms with van der Waals surface area (Å²) < 4.78 is 5.87. The van der Waals surface area contributed by atoms with E-state index < -0.39 is 0 Å². The number of nitrogens with zero attached hydrogens (tertiary/aromatic N) is 3. The molecule has 0 aromatic carbocycles. The fourth-order valence-corrected chi connectivity index (χ4v) is 3.15. The van der Waals surface area contributed by atoms with Crippen LogP contribution in [0.3, 0.4) is 0 Å². The quantitative estimate of drug-likeness (QED) is 0.432. The Morgan fingerprint density at radius 1 is 1.39 bits per heavy atom. The summed E-state index contributed by atoms with van der Waals surface area (Å²) in [6, 6.07) is 6.43. The topological polar surface area (TPSA) is 61.8 Å². The van der Waals surface area contributed by atoms with Gasteiger partial charge in [0.15, 0.2) is 5.96 Å². The van der Waals surface area contributed by atoms with Gasteiger partial charge in [-0.2, -0.15) is 0 Å². The third-order valence-electron chi connectivity index (χ3n) is 4.34. The van der Waals surface area contributed by atoms with Crippen molar-refractivity contribution in [2.45, 2.75) is 44.1 Å². The Kier molecular flexibility index (Phi) is 6.46. The number of hydrogen-bond donors (Lipinski definition) is 2. The summed E-state index contributed by atoms with van der Waals surface area (Å²) in [7, 11) is 5.79. The lowest BCUT2D eigenvalue weighted by Crippen LogP contribution is -2.47. The molecule has 2 N–H and O–H groups in total. The largest absolute Gasteiger partial charge is 0.373 e. The van der Waals surface area contributed by atoms with E-state index >= 15 is 0 Å². The lowest BCUT2D eigenvalue weighted by Gasteiger charge is -2.22. The van der Waals surface area contributed by atoms with Gasteiger partial charge in [0, 0.05) is 21.1 Å². The molecule has 0 spiro atoms. The van der Waals surface area contributed by atoms with Crippen molar-refractivity contribution < 1.29 is 4.74 Å². The molecule has 1 aromatic rings. The SMILES string of the molecule is CN=C(NCc1cccc(N(C)C)n1)NC1CC2CCC1O2.I. The monoisotopic (exact) mass is 431 g/mol. The van der Waals surface area contributed by atoms with E-state index in [1.54, 1.807) is 7.05 Å². The zero-order valence-corrected chi connectivity index (χ0v) is 16.3. The average Bonchev–Trinajstić information content (AvgIpc) is 3.14. The summed E-state index contributed by atoms with van der Waals surface area (Å²) in [5, 5.41) is 6.82. The highest BCUT2D eigenvalue weighted by Gasteiger charge is 2.41. The number of aromatic nitrogens is 1. The van der Waals surface area contributed by atoms with Crippen LogP contribution in [0, 0.1) is 0 Å². The molecule has 0 saturated carbocycles. The Balaban J connectivity index is 0.00000192. The molecule has 6 nitrogen and oxygen atoms in total. The van der Waals surface area contributed by atoms with Gasteiger partial charge in [0.05, 0.1) is 30.5 Å². The molecule has 0 amide bonds. The highest BCUT2D eigenvalue weighted by atomic mass is 127. The number of fused-ring (bicyclic) bond motifs is 2. The van der Waals surface area contributed by atoms with Crippen LogP contribution in [0.15, 0.2) is 23.2 Å². The van der Waals surface area contributed by atoms with E-state index in [0.29, 0.717) is 24.8 Å². The second-order valence-corrected chi connectivity index (χ2v) is 6.17. The smallest absolute Gasteiger partial charge is 0.191 e. The van der Waals surface area contributed by atoms with E-state index in [9.17, 15) is 0 Å². The maximum absolute atomic E-state index is 5.87. The first-order chi connectivity index (χ1) is 10.7. The fraction of sp³-hybridized carbons (Fsp3) is 0.625. The number of ether oxygens (including phenoxy) is 1. The molecule has 23 heavy (non-hydrogen) atoms. The number of guanidine groups is 1. The minimum Gasteiger partial charge on any atom is -0.373 e. The van der Waals surface area contributed by atoms with Crippen LogP contribution in [-0.4, -0.2) is 50.3 Å². The van der Waals surface area contributed by atoms with Crippen molar-refractivity contribution >= 4 is 35.8 Å². The summed E-state index contributed by atoms with van der Waals surface area (Å²) in [5.41, 5.74) is 0.998. The van der Waals surface area contributed by atoms with Crippen LogP contribution < -0.4 is 15.5 Å². The molecule has 3 rings (SSSR count). The van der Waals surface area contributed by atoms with Gasteiger partial charge in [-0.05, 0) is 31.4 Å². The van der Waals surface area contributed by atoms with Gasteiger partial charge in [-0.15, -0.1) is 24.0 Å². The molecular formula is C16H26IN5O. The van der Waals surface area contributed by atoms with Crippen molar-refractivity contribution in [3.63, 3.8) is 0 Å². The van der Waals surface area contributed by atoms with E-state index in [4.69, 9.17) is 4.74 Å². The van der Waals surface area contributed by atoms with Gasteiger partial charge < -0.3 is 20.3 Å². The first-order valence-corrected chi connectivity index (χ1v) is 7.91. The van der Waals surface area contributed by atoms with Crippen molar-refractivity contribution in [3.8, 4) is 0 Å². The van der Waals surface area contributed by atoms with Crippen molar-refractivity contribution in [1.82, 2.24) is 15.6 Å². The predicted molar refractivity (Wildman–Crippen MR) is 104 cm³/mol. The molecule has 0 aliphatic carbocycles. The Bertz CT molecular complexity index is 551. The summed E-state index contributed by atoms with van der Waals surface area (Å²) in [6.45, 7) is 0.656. The molecule has 7 heteroatoms. The molecular weight excluding hydrogens is 405 g/mol. The van der Waals surface area contributed by atoms with E-state index in [-0.39, 0.29) is 24.0 Å². The zero-order chi connectivity index (χ0) is 15.5. The Morgan fingerprint density at radius 3 is 2.83 bits per heavy atom. The van der Waals surface area contributed by atoms with E-state index in [0.717, 1.165) is 30.3 Å². The number of anilines is 1. The molecule has 2 fully saturated rings. The van der Waals surface area contributed by atoms with Gasteiger partial charge in [0.2, 0.25) is 0 Å². The van der Waals surface area contributed by atoms with Gasteiger partial charge in [0.1, 0.15) is 5.82 Å². The number of aliphatic imine (C=N–C) groups is 1. The summed E-state index contributed by atoms with van der Waals surface area (Å²) in [4.78, 5) is 10.9. The Hall–Kier alpha value is -1.09. The van der Waals surface area contributed by atoms with Gasteiger partial charge in [-0.1, -0.05) is 6.07 Å². The Labute approximate surface area is 155 Å². The second-order valence-electron chi connectivity index (χ2n) is 6.17. The lowest BCUT2D eigenvalue weighted by molar-refractivity contribution is 0.0992. The molecule has 2 aliphatic heterocycles. The van der Waals surface area contributed by atoms with Crippen molar-refractivity contribution in [2.24, 2.45) is 4.99 Å². The zero-order valence-electron chi connectivity index (χ0n) is 14.0. The molecule has 3 unspecified atom stereocenters. The van der Waals surface area contributed by atoms with Crippen molar-refractivity contribution in [2.75, 3.05) is 26.0 Å². The molecule has 2 bridgehead atoms. The number of nitrogens with one attached hydrogen (secondary N) is 2. The van der Waals surface area contributed by atoms with Crippen LogP contribution in [0.1, 0.15) is 25.0 Å². The second kappa shape index (κ2) is 8.14. The minimum absolute atomic E-state index is 0. The maximum Gasteiger partial charge on any atom is 0.191 e. The first kappa shape index (κ1) is 18.3. The molecule has 3 atom stereocenters. The first-order valence-electron chi connectivity index (χ1n) is 7.91. The van der Waals surface area contributed by atoms with Crippen LogP contribution in [-0.2, 0) is 11.3 Å². The number of hydrogen-bond acceptors (Lipinski definition) is 4. The normalized spacial score (nSPS) is 25.9. The number of halogens is 1.